The van der Waals surface area contributed by atoms with Crippen LogP contribution in [0.1, 0.15) is 19.4 Å². The quantitative estimate of drug-likeness (QED) is 0.688. The van der Waals surface area contributed by atoms with Crippen LogP contribution in [0.3, 0.4) is 0 Å². The van der Waals surface area contributed by atoms with Crippen molar-refractivity contribution in [3.05, 3.63) is 28.8 Å². The molecular weight excluding hydrogens is 314 g/mol. The SMILES string of the molecule is COCCN(CC(C)C)c1cc(Cl)ccc1CBr. The van der Waals surface area contributed by atoms with Gasteiger partial charge in [0.15, 0.2) is 0 Å². The minimum Gasteiger partial charge on any atom is -0.383 e. The highest BCUT2D eigenvalue weighted by molar-refractivity contribution is 9.08. The second-order valence-electron chi connectivity index (χ2n) is 4.74. The summed E-state index contributed by atoms with van der Waals surface area (Å²) in [4.78, 5) is 2.34. The van der Waals surface area contributed by atoms with Crippen LogP contribution in [-0.2, 0) is 10.1 Å². The van der Waals surface area contributed by atoms with E-state index in [1.54, 1.807) is 7.11 Å². The second kappa shape index (κ2) is 8.03. The molecule has 0 aliphatic heterocycles. The first-order valence-electron chi connectivity index (χ1n) is 6.16. The van der Waals surface area contributed by atoms with Gasteiger partial charge in [-0.2, -0.15) is 0 Å². The van der Waals surface area contributed by atoms with Gasteiger partial charge in [-0.05, 0) is 23.6 Å². The molecule has 1 aromatic carbocycles. The Bertz CT molecular complexity index is 371. The zero-order valence-corrected chi connectivity index (χ0v) is 13.6. The molecule has 0 radical (unpaired) electrons. The highest BCUT2D eigenvalue weighted by Gasteiger charge is 2.12. The van der Waals surface area contributed by atoms with E-state index in [1.165, 1.54) is 11.3 Å². The van der Waals surface area contributed by atoms with Crippen LogP contribution in [-0.4, -0.2) is 26.8 Å². The number of alkyl halides is 1. The van der Waals surface area contributed by atoms with Crippen LogP contribution in [0, 0.1) is 5.92 Å². The summed E-state index contributed by atoms with van der Waals surface area (Å²) in [5, 5.41) is 1.61. The molecule has 0 spiro atoms. The van der Waals surface area contributed by atoms with Crippen molar-refractivity contribution in [2.45, 2.75) is 19.2 Å². The van der Waals surface area contributed by atoms with E-state index in [2.05, 4.69) is 40.7 Å². The van der Waals surface area contributed by atoms with Crippen LogP contribution in [0.2, 0.25) is 5.02 Å². The number of anilines is 1. The lowest BCUT2D eigenvalue weighted by Crippen LogP contribution is -2.31. The first-order chi connectivity index (χ1) is 8.58. The van der Waals surface area contributed by atoms with Crippen molar-refractivity contribution < 1.29 is 4.74 Å². The van der Waals surface area contributed by atoms with Crippen molar-refractivity contribution >= 4 is 33.2 Å². The van der Waals surface area contributed by atoms with E-state index < -0.39 is 0 Å². The van der Waals surface area contributed by atoms with E-state index in [1.807, 2.05) is 12.1 Å². The number of ether oxygens (including phenoxy) is 1. The van der Waals surface area contributed by atoms with Gasteiger partial charge in [-0.15, -0.1) is 0 Å². The molecule has 0 aromatic heterocycles. The molecule has 0 heterocycles. The Morgan fingerprint density at radius 3 is 2.67 bits per heavy atom. The summed E-state index contributed by atoms with van der Waals surface area (Å²) in [6.45, 7) is 7.05. The first kappa shape index (κ1) is 15.8. The standard InChI is InChI=1S/C14H21BrClNO/c1-11(2)10-17(6-7-18-3)14-8-13(16)5-4-12(14)9-15/h4-5,8,11H,6-7,9-10H2,1-3H3. The molecule has 2 nitrogen and oxygen atoms in total. The van der Waals surface area contributed by atoms with Gasteiger partial charge in [0, 0.05) is 36.2 Å². The van der Waals surface area contributed by atoms with E-state index in [-0.39, 0.29) is 0 Å². The summed E-state index contributed by atoms with van der Waals surface area (Å²) >= 11 is 9.65. The van der Waals surface area contributed by atoms with Crippen molar-refractivity contribution in [2.24, 2.45) is 5.92 Å². The van der Waals surface area contributed by atoms with Gasteiger partial charge < -0.3 is 9.64 Å². The third-order valence-electron chi connectivity index (χ3n) is 2.68. The Morgan fingerprint density at radius 1 is 1.39 bits per heavy atom. The molecule has 0 aliphatic rings. The maximum absolute atomic E-state index is 6.12. The molecule has 102 valence electrons. The monoisotopic (exact) mass is 333 g/mol. The van der Waals surface area contributed by atoms with Gasteiger partial charge in [0.1, 0.15) is 0 Å². The number of rotatable bonds is 7. The van der Waals surface area contributed by atoms with Crippen LogP contribution in [0.15, 0.2) is 18.2 Å². The van der Waals surface area contributed by atoms with Gasteiger partial charge in [-0.3, -0.25) is 0 Å². The Kier molecular flexibility index (Phi) is 7.05. The Hall–Kier alpha value is -0.250. The molecule has 1 aromatic rings. The summed E-state index contributed by atoms with van der Waals surface area (Å²) < 4.78 is 5.19. The number of methoxy groups -OCH3 is 1. The van der Waals surface area contributed by atoms with Crippen molar-refractivity contribution in [3.63, 3.8) is 0 Å². The molecule has 0 unspecified atom stereocenters. The minimum absolute atomic E-state index is 0.601. The van der Waals surface area contributed by atoms with E-state index in [0.717, 1.165) is 30.0 Å². The van der Waals surface area contributed by atoms with Gasteiger partial charge in [0.05, 0.1) is 6.61 Å². The highest BCUT2D eigenvalue weighted by Crippen LogP contribution is 2.27. The fourth-order valence-corrected chi connectivity index (χ4v) is 2.54. The molecule has 0 fully saturated rings. The molecule has 0 N–H and O–H groups in total. The van der Waals surface area contributed by atoms with Gasteiger partial charge in [-0.1, -0.05) is 47.4 Å². The lowest BCUT2D eigenvalue weighted by molar-refractivity contribution is 0.204. The van der Waals surface area contributed by atoms with Crippen LogP contribution in [0.4, 0.5) is 5.69 Å². The molecule has 0 bridgehead atoms. The normalized spacial score (nSPS) is 11.0. The van der Waals surface area contributed by atoms with Gasteiger partial charge in [0.2, 0.25) is 0 Å². The Labute approximate surface area is 123 Å². The smallest absolute Gasteiger partial charge is 0.0637 e. The third kappa shape index (κ3) is 4.79. The van der Waals surface area contributed by atoms with Crippen molar-refractivity contribution in [1.29, 1.82) is 0 Å². The summed E-state index contributed by atoms with van der Waals surface area (Å²) in [6.07, 6.45) is 0. The largest absolute Gasteiger partial charge is 0.383 e. The predicted molar refractivity (Wildman–Crippen MR) is 83.0 cm³/mol. The number of hydrogen-bond donors (Lipinski definition) is 0. The fourth-order valence-electron chi connectivity index (χ4n) is 1.90. The average molecular weight is 335 g/mol. The maximum Gasteiger partial charge on any atom is 0.0637 e. The number of benzene rings is 1. The highest BCUT2D eigenvalue weighted by atomic mass is 79.9. The topological polar surface area (TPSA) is 12.5 Å². The zero-order valence-electron chi connectivity index (χ0n) is 11.2. The summed E-state index contributed by atoms with van der Waals surface area (Å²) in [5.74, 6) is 0.601. The lowest BCUT2D eigenvalue weighted by Gasteiger charge is -2.28. The maximum atomic E-state index is 6.12. The molecule has 4 heteroatoms. The summed E-state index contributed by atoms with van der Waals surface area (Å²) in [6, 6.07) is 6.05. The van der Waals surface area contributed by atoms with Crippen molar-refractivity contribution in [2.75, 3.05) is 31.7 Å². The van der Waals surface area contributed by atoms with Crippen LogP contribution >= 0.6 is 27.5 Å². The second-order valence-corrected chi connectivity index (χ2v) is 5.74. The van der Waals surface area contributed by atoms with E-state index in [9.17, 15) is 0 Å². The molecule has 0 atom stereocenters. The molecule has 18 heavy (non-hydrogen) atoms. The fraction of sp³-hybridized carbons (Fsp3) is 0.571. The third-order valence-corrected chi connectivity index (χ3v) is 3.52. The molecule has 0 amide bonds. The molecule has 0 aliphatic carbocycles. The number of halogens is 2. The van der Waals surface area contributed by atoms with E-state index in [0.29, 0.717) is 5.92 Å². The minimum atomic E-state index is 0.601. The van der Waals surface area contributed by atoms with Gasteiger partial charge >= 0.3 is 0 Å². The lowest BCUT2D eigenvalue weighted by atomic mass is 10.1. The first-order valence-corrected chi connectivity index (χ1v) is 7.66. The van der Waals surface area contributed by atoms with E-state index >= 15 is 0 Å². The predicted octanol–water partition coefficient (Wildman–Crippen LogP) is 4.34. The van der Waals surface area contributed by atoms with Crippen LogP contribution < -0.4 is 4.90 Å². The summed E-state index contributed by atoms with van der Waals surface area (Å²) in [5.41, 5.74) is 2.46. The molecule has 0 saturated carbocycles. The van der Waals surface area contributed by atoms with Crippen LogP contribution in [0.5, 0.6) is 0 Å². The van der Waals surface area contributed by atoms with Gasteiger partial charge in [-0.25, -0.2) is 0 Å². The molecule has 1 rings (SSSR count). The Morgan fingerprint density at radius 2 is 2.11 bits per heavy atom. The Balaban J connectivity index is 2.98. The van der Waals surface area contributed by atoms with Crippen molar-refractivity contribution in [1.82, 2.24) is 0 Å². The number of nitrogens with zero attached hydrogens (tertiary/aromatic N) is 1. The average Bonchev–Trinajstić information content (AvgIpc) is 2.34. The van der Waals surface area contributed by atoms with Crippen molar-refractivity contribution in [3.8, 4) is 0 Å². The van der Waals surface area contributed by atoms with Gasteiger partial charge in [0.25, 0.3) is 0 Å². The zero-order chi connectivity index (χ0) is 13.5. The van der Waals surface area contributed by atoms with Crippen LogP contribution in [0.25, 0.3) is 0 Å². The molecule has 0 saturated heterocycles. The number of hydrogen-bond acceptors (Lipinski definition) is 2. The molecular formula is C14H21BrClNO. The summed E-state index contributed by atoms with van der Waals surface area (Å²) in [7, 11) is 1.73. The van der Waals surface area contributed by atoms with E-state index in [4.69, 9.17) is 16.3 Å².